The van der Waals surface area contributed by atoms with Gasteiger partial charge in [0.2, 0.25) is 0 Å². The first-order valence-electron chi connectivity index (χ1n) is 3.63. The van der Waals surface area contributed by atoms with Gasteiger partial charge in [0.15, 0.2) is 4.31 Å². The molecule has 2 unspecified atom stereocenters. The molecule has 5 nitrogen and oxygen atoms in total. The van der Waals surface area contributed by atoms with Crippen molar-refractivity contribution in [2.24, 2.45) is 0 Å². The van der Waals surface area contributed by atoms with Crippen molar-refractivity contribution < 1.29 is 23.2 Å². The molecule has 0 aliphatic heterocycles. The molecule has 0 bridgehead atoms. The maximum atomic E-state index is 9.39. The molecule has 12 heavy (non-hydrogen) atoms. The summed E-state index contributed by atoms with van der Waals surface area (Å²) in [6.07, 6.45) is 7.50. The van der Waals surface area contributed by atoms with E-state index in [1.54, 1.807) is 0 Å². The fourth-order valence-electron chi connectivity index (χ4n) is 0.944. The van der Waals surface area contributed by atoms with Gasteiger partial charge in [-0.05, 0) is 0 Å². The first kappa shape index (κ1) is 12.1. The Morgan fingerprint density at radius 1 is 0.833 bits per heavy atom. The van der Waals surface area contributed by atoms with Crippen LogP contribution in [0.2, 0.25) is 0 Å². The molecule has 0 heterocycles. The van der Waals surface area contributed by atoms with E-state index in [9.17, 15) is 9.13 Å². The monoisotopic (exact) mass is 214 g/mol. The Labute approximate surface area is 72.7 Å². The van der Waals surface area contributed by atoms with Gasteiger partial charge in [-0.2, -0.15) is 0 Å². The molecule has 0 saturated heterocycles. The molecule has 1 aliphatic rings. The average Bonchev–Trinajstić information content (AvgIpc) is 2.36. The molecule has 1 rings (SSSR count). The Balaban J connectivity index is 0.000000211. The molecule has 7 heteroatoms. The smallest absolute Gasteiger partial charge is 0.131 e. The van der Waals surface area contributed by atoms with Gasteiger partial charge in [-0.3, -0.25) is 0 Å². The fourth-order valence-corrected chi connectivity index (χ4v) is 1.42. The van der Waals surface area contributed by atoms with Crippen molar-refractivity contribution in [2.75, 3.05) is 0 Å². The Bertz CT molecular complexity index is 136. The largest absolute Gasteiger partial charge is 0.745 e. The van der Waals surface area contributed by atoms with E-state index in [1.165, 1.54) is 32.1 Å². The van der Waals surface area contributed by atoms with Crippen molar-refractivity contribution in [1.82, 2.24) is 0 Å². The summed E-state index contributed by atoms with van der Waals surface area (Å²) in [4.78, 5) is 15.3. The number of hydrogen-bond donors (Lipinski definition) is 2. The Morgan fingerprint density at radius 2 is 1.08 bits per heavy atom. The fraction of sp³-hybridized carbons (Fsp3) is 1.00. The van der Waals surface area contributed by atoms with Crippen LogP contribution in [0.4, 0.5) is 0 Å². The minimum Gasteiger partial charge on any atom is -0.131 e. The Hall–Kier alpha value is 0.0800. The maximum Gasteiger partial charge on any atom is 0.745 e. The summed E-state index contributed by atoms with van der Waals surface area (Å²) in [6, 6.07) is 0. The lowest BCUT2D eigenvalue weighted by atomic mass is 10.4. The van der Waals surface area contributed by atoms with E-state index in [2.05, 4.69) is 4.31 Å². The van der Waals surface area contributed by atoms with Crippen LogP contribution in [-0.4, -0.2) is 9.79 Å². The van der Waals surface area contributed by atoms with Crippen molar-refractivity contribution in [3.63, 3.8) is 0 Å². The Kier molecular flexibility index (Phi) is 7.77. The highest BCUT2D eigenvalue weighted by Crippen LogP contribution is 2.30. The second-order valence-electron chi connectivity index (χ2n) is 2.33. The molecule has 0 aromatic carbocycles. The van der Waals surface area contributed by atoms with Gasteiger partial charge in [0.1, 0.15) is 0 Å². The van der Waals surface area contributed by atoms with Crippen LogP contribution in [0, 0.1) is 0 Å². The topological polar surface area (TPSA) is 83.8 Å². The highest BCUT2D eigenvalue weighted by atomic mass is 31.2. The van der Waals surface area contributed by atoms with Crippen LogP contribution in [0.3, 0.4) is 0 Å². The van der Waals surface area contributed by atoms with Crippen molar-refractivity contribution in [3.05, 3.63) is 0 Å². The van der Waals surface area contributed by atoms with E-state index < -0.39 is 16.5 Å². The van der Waals surface area contributed by atoms with Crippen LogP contribution >= 0.6 is 16.5 Å². The highest BCUT2D eigenvalue weighted by Gasteiger charge is 2.31. The lowest BCUT2D eigenvalue weighted by molar-refractivity contribution is 0.371. The quantitative estimate of drug-likeness (QED) is 0.688. The van der Waals surface area contributed by atoms with Crippen molar-refractivity contribution >= 4 is 16.5 Å². The highest BCUT2D eigenvalue weighted by molar-refractivity contribution is 7.46. The standard InChI is InChI=1S/C5H10.O5P2/c1-2-4-5-3-1;1-6(2)5-7(3)4/h1-5H2;/p+2. The van der Waals surface area contributed by atoms with Crippen molar-refractivity contribution in [3.8, 4) is 0 Å². The predicted molar refractivity (Wildman–Crippen MR) is 43.8 cm³/mol. The zero-order chi connectivity index (χ0) is 9.40. The summed E-state index contributed by atoms with van der Waals surface area (Å²) in [5.74, 6) is 0. The summed E-state index contributed by atoms with van der Waals surface area (Å²) < 4.78 is 22.2. The molecule has 0 spiro atoms. The Morgan fingerprint density at radius 3 is 1.17 bits per heavy atom. The minimum atomic E-state index is -2.92. The van der Waals surface area contributed by atoms with E-state index in [-0.39, 0.29) is 0 Å². The summed E-state index contributed by atoms with van der Waals surface area (Å²) >= 11 is 0. The molecular weight excluding hydrogens is 202 g/mol. The SMILES string of the molecule is C1CCCC1.O=[P+](O)O[P+](=O)O. The van der Waals surface area contributed by atoms with E-state index in [4.69, 9.17) is 9.79 Å². The van der Waals surface area contributed by atoms with Crippen molar-refractivity contribution in [2.45, 2.75) is 32.1 Å². The lowest BCUT2D eigenvalue weighted by Gasteiger charge is -1.67. The second-order valence-corrected chi connectivity index (χ2v) is 3.93. The summed E-state index contributed by atoms with van der Waals surface area (Å²) in [6.45, 7) is 0. The van der Waals surface area contributed by atoms with Crippen LogP contribution in [-0.2, 0) is 13.4 Å². The van der Waals surface area contributed by atoms with Gasteiger partial charge in [0.05, 0.1) is 0 Å². The average molecular weight is 214 g/mol. The van der Waals surface area contributed by atoms with E-state index in [1.807, 2.05) is 0 Å². The molecule has 1 fully saturated rings. The van der Waals surface area contributed by atoms with Crippen molar-refractivity contribution in [1.29, 1.82) is 0 Å². The van der Waals surface area contributed by atoms with E-state index in [0.717, 1.165) is 0 Å². The van der Waals surface area contributed by atoms with Gasteiger partial charge in [-0.1, -0.05) is 32.1 Å². The van der Waals surface area contributed by atoms with Crippen LogP contribution in [0.25, 0.3) is 0 Å². The van der Waals surface area contributed by atoms with E-state index in [0.29, 0.717) is 0 Å². The first-order valence-corrected chi connectivity index (χ1v) is 5.89. The molecule has 1 saturated carbocycles. The van der Waals surface area contributed by atoms with Gasteiger partial charge in [0, 0.05) is 9.13 Å². The summed E-state index contributed by atoms with van der Waals surface area (Å²) in [5.41, 5.74) is 0. The minimum absolute atomic E-state index is 1.50. The molecule has 1 aliphatic carbocycles. The van der Waals surface area contributed by atoms with Gasteiger partial charge in [-0.25, -0.2) is 0 Å². The van der Waals surface area contributed by atoms with Gasteiger partial charge >= 0.3 is 16.5 Å². The van der Waals surface area contributed by atoms with E-state index >= 15 is 0 Å². The van der Waals surface area contributed by atoms with Crippen LogP contribution in [0.5, 0.6) is 0 Å². The molecule has 2 N–H and O–H groups in total. The third-order valence-corrected chi connectivity index (χ3v) is 2.51. The van der Waals surface area contributed by atoms with Crippen LogP contribution in [0.1, 0.15) is 32.1 Å². The molecular formula is C5H12O5P2+2. The second kappa shape index (κ2) is 7.71. The molecule has 70 valence electrons. The predicted octanol–water partition coefficient (Wildman–Crippen LogP) is 2.25. The van der Waals surface area contributed by atoms with Crippen LogP contribution in [0.15, 0.2) is 0 Å². The number of rotatable bonds is 2. The number of hydrogen-bond acceptors (Lipinski definition) is 3. The van der Waals surface area contributed by atoms with Crippen LogP contribution < -0.4 is 0 Å². The van der Waals surface area contributed by atoms with Gasteiger partial charge in [0.25, 0.3) is 0 Å². The zero-order valence-electron chi connectivity index (χ0n) is 6.55. The summed E-state index contributed by atoms with van der Waals surface area (Å²) in [7, 11) is -5.85. The first-order chi connectivity index (χ1) is 5.63. The normalized spacial score (nSPS) is 17.8. The zero-order valence-corrected chi connectivity index (χ0v) is 8.34. The maximum absolute atomic E-state index is 9.39. The molecule has 2 atom stereocenters. The molecule has 0 aromatic rings. The molecule has 0 amide bonds. The molecule has 0 radical (unpaired) electrons. The van der Waals surface area contributed by atoms with Gasteiger partial charge < -0.3 is 0 Å². The third kappa shape index (κ3) is 10.1. The summed E-state index contributed by atoms with van der Waals surface area (Å²) in [5, 5.41) is 0. The molecule has 0 aromatic heterocycles. The lowest BCUT2D eigenvalue weighted by Crippen LogP contribution is -1.58. The van der Waals surface area contributed by atoms with Gasteiger partial charge in [-0.15, -0.1) is 9.79 Å². The third-order valence-electron chi connectivity index (χ3n) is 1.39.